The summed E-state index contributed by atoms with van der Waals surface area (Å²) in [6, 6.07) is 3.86. The number of carbonyl (C=O) groups excluding carboxylic acids is 1. The molecule has 1 amide bonds. The second-order valence-electron chi connectivity index (χ2n) is 5.07. The topological polar surface area (TPSA) is 68.6 Å². The van der Waals surface area contributed by atoms with Gasteiger partial charge in [0.2, 0.25) is 5.91 Å². The van der Waals surface area contributed by atoms with E-state index in [2.05, 4.69) is 0 Å². The Morgan fingerprint density at radius 3 is 2.85 bits per heavy atom. The first-order valence-electron chi connectivity index (χ1n) is 6.60. The third-order valence-electron chi connectivity index (χ3n) is 3.24. The van der Waals surface area contributed by atoms with Crippen molar-refractivity contribution in [1.82, 2.24) is 9.47 Å². The van der Waals surface area contributed by atoms with Crippen LogP contribution in [0.4, 0.5) is 0 Å². The molecule has 0 aromatic carbocycles. The Hall–Kier alpha value is -1.34. The molecule has 0 N–H and O–H groups in total. The van der Waals surface area contributed by atoms with Crippen molar-refractivity contribution in [3.05, 3.63) is 24.0 Å². The third kappa shape index (κ3) is 3.83. The standard InChI is InChI=1S/C13H20N2O4S/c1-3-19-12-8-14-6-4-5-11(14)7-15(9-12)13(16)10-20(2,17)18/h4-6,12H,3,7-10H2,1-2H3. The normalized spacial score (nSPS) is 19.5. The van der Waals surface area contributed by atoms with Crippen LogP contribution in [0, 0.1) is 0 Å². The van der Waals surface area contributed by atoms with Gasteiger partial charge in [0, 0.05) is 31.3 Å². The molecule has 0 saturated carbocycles. The molecular formula is C13H20N2O4S. The summed E-state index contributed by atoms with van der Waals surface area (Å²) < 4.78 is 30.3. The summed E-state index contributed by atoms with van der Waals surface area (Å²) in [6.07, 6.45) is 2.91. The predicted octanol–water partition coefficient (Wildman–Crippen LogP) is 0.280. The van der Waals surface area contributed by atoms with Crippen LogP contribution in [0.5, 0.6) is 0 Å². The van der Waals surface area contributed by atoms with Crippen molar-refractivity contribution in [3.8, 4) is 0 Å². The zero-order valence-corrected chi connectivity index (χ0v) is 12.6. The van der Waals surface area contributed by atoms with E-state index in [9.17, 15) is 13.2 Å². The highest BCUT2D eigenvalue weighted by Crippen LogP contribution is 2.15. The van der Waals surface area contributed by atoms with Gasteiger partial charge in [-0.15, -0.1) is 0 Å². The molecule has 0 bridgehead atoms. The van der Waals surface area contributed by atoms with Crippen LogP contribution in [0.2, 0.25) is 0 Å². The monoisotopic (exact) mass is 300 g/mol. The Morgan fingerprint density at radius 1 is 1.45 bits per heavy atom. The Morgan fingerprint density at radius 2 is 2.20 bits per heavy atom. The van der Waals surface area contributed by atoms with Crippen LogP contribution < -0.4 is 0 Å². The zero-order valence-electron chi connectivity index (χ0n) is 11.8. The Bertz CT molecular complexity index is 579. The van der Waals surface area contributed by atoms with Crippen molar-refractivity contribution in [3.63, 3.8) is 0 Å². The van der Waals surface area contributed by atoms with E-state index in [1.54, 1.807) is 4.90 Å². The van der Waals surface area contributed by atoms with Gasteiger partial charge in [0.05, 0.1) is 19.2 Å². The molecule has 1 aliphatic heterocycles. The first kappa shape index (κ1) is 15.1. The summed E-state index contributed by atoms with van der Waals surface area (Å²) in [4.78, 5) is 13.7. The minimum Gasteiger partial charge on any atom is -0.375 e. The number of ether oxygens (including phenoxy) is 1. The molecule has 1 aromatic rings. The van der Waals surface area contributed by atoms with Crippen LogP contribution in [0.25, 0.3) is 0 Å². The highest BCUT2D eigenvalue weighted by atomic mass is 32.2. The number of fused-ring (bicyclic) bond motifs is 1. The lowest BCUT2D eigenvalue weighted by molar-refractivity contribution is -0.130. The zero-order chi connectivity index (χ0) is 14.8. The van der Waals surface area contributed by atoms with Gasteiger partial charge < -0.3 is 14.2 Å². The van der Waals surface area contributed by atoms with E-state index in [-0.39, 0.29) is 12.0 Å². The molecule has 7 heteroatoms. The van der Waals surface area contributed by atoms with Crippen LogP contribution in [-0.4, -0.2) is 55.1 Å². The lowest BCUT2D eigenvalue weighted by Crippen LogP contribution is -2.40. The highest BCUT2D eigenvalue weighted by Gasteiger charge is 2.26. The molecule has 2 heterocycles. The molecule has 0 saturated heterocycles. The van der Waals surface area contributed by atoms with E-state index in [0.29, 0.717) is 26.2 Å². The average Bonchev–Trinajstić information content (AvgIpc) is 2.66. The molecule has 1 aliphatic rings. The summed E-state index contributed by atoms with van der Waals surface area (Å²) in [6.45, 7) is 3.99. The second-order valence-corrected chi connectivity index (χ2v) is 7.21. The number of amides is 1. The number of carbonyl (C=O) groups is 1. The summed E-state index contributed by atoms with van der Waals surface area (Å²) in [5.74, 6) is -0.820. The molecule has 1 aromatic heterocycles. The second kappa shape index (κ2) is 5.97. The Balaban J connectivity index is 2.18. The fraction of sp³-hybridized carbons (Fsp3) is 0.615. The molecule has 20 heavy (non-hydrogen) atoms. The number of nitrogens with zero attached hydrogens (tertiary/aromatic N) is 2. The number of hydrogen-bond donors (Lipinski definition) is 0. The lowest BCUT2D eigenvalue weighted by Gasteiger charge is -2.23. The molecule has 0 radical (unpaired) electrons. The SMILES string of the molecule is CCOC1CN(C(=O)CS(C)(=O)=O)Cc2cccn2C1. The molecule has 0 spiro atoms. The number of hydrogen-bond acceptors (Lipinski definition) is 4. The molecule has 2 rings (SSSR count). The molecule has 1 atom stereocenters. The van der Waals surface area contributed by atoms with Crippen molar-refractivity contribution in [2.24, 2.45) is 0 Å². The van der Waals surface area contributed by atoms with E-state index < -0.39 is 15.6 Å². The van der Waals surface area contributed by atoms with Gasteiger partial charge >= 0.3 is 0 Å². The largest absolute Gasteiger partial charge is 0.375 e. The van der Waals surface area contributed by atoms with E-state index >= 15 is 0 Å². The van der Waals surface area contributed by atoms with Gasteiger partial charge in [-0.3, -0.25) is 4.79 Å². The fourth-order valence-electron chi connectivity index (χ4n) is 2.40. The van der Waals surface area contributed by atoms with Gasteiger partial charge in [0.1, 0.15) is 5.75 Å². The third-order valence-corrected chi connectivity index (χ3v) is 4.01. The van der Waals surface area contributed by atoms with Crippen molar-refractivity contribution in [2.45, 2.75) is 26.1 Å². The number of rotatable bonds is 4. The highest BCUT2D eigenvalue weighted by molar-refractivity contribution is 7.91. The fourth-order valence-corrected chi connectivity index (χ4v) is 3.03. The predicted molar refractivity (Wildman–Crippen MR) is 75.0 cm³/mol. The Kier molecular flexibility index (Phi) is 4.49. The summed E-state index contributed by atoms with van der Waals surface area (Å²) >= 11 is 0. The first-order chi connectivity index (χ1) is 9.39. The maximum absolute atomic E-state index is 12.1. The first-order valence-corrected chi connectivity index (χ1v) is 8.66. The molecule has 112 valence electrons. The van der Waals surface area contributed by atoms with Crippen LogP contribution in [0.15, 0.2) is 18.3 Å². The van der Waals surface area contributed by atoms with Crippen molar-refractivity contribution >= 4 is 15.7 Å². The minimum absolute atomic E-state index is 0.114. The van der Waals surface area contributed by atoms with Gasteiger partial charge in [-0.05, 0) is 19.1 Å². The van der Waals surface area contributed by atoms with Gasteiger partial charge in [-0.1, -0.05) is 0 Å². The molecular weight excluding hydrogens is 280 g/mol. The number of aromatic nitrogens is 1. The van der Waals surface area contributed by atoms with Gasteiger partial charge in [0.25, 0.3) is 0 Å². The molecule has 0 fully saturated rings. The maximum atomic E-state index is 12.1. The smallest absolute Gasteiger partial charge is 0.238 e. The Labute approximate surface area is 119 Å². The maximum Gasteiger partial charge on any atom is 0.238 e. The van der Waals surface area contributed by atoms with Crippen molar-refractivity contribution in [2.75, 3.05) is 25.2 Å². The quantitative estimate of drug-likeness (QED) is 0.801. The molecule has 1 unspecified atom stereocenters. The van der Waals surface area contributed by atoms with Crippen LogP contribution >= 0.6 is 0 Å². The van der Waals surface area contributed by atoms with Crippen LogP contribution in [0.1, 0.15) is 12.6 Å². The van der Waals surface area contributed by atoms with E-state index in [1.807, 2.05) is 29.8 Å². The van der Waals surface area contributed by atoms with Crippen LogP contribution in [0.3, 0.4) is 0 Å². The van der Waals surface area contributed by atoms with Crippen LogP contribution in [-0.2, 0) is 32.5 Å². The summed E-state index contributed by atoms with van der Waals surface area (Å²) in [5.41, 5.74) is 0.994. The van der Waals surface area contributed by atoms with E-state index in [4.69, 9.17) is 4.74 Å². The van der Waals surface area contributed by atoms with E-state index in [0.717, 1.165) is 11.9 Å². The molecule has 6 nitrogen and oxygen atoms in total. The summed E-state index contributed by atoms with van der Waals surface area (Å²) in [7, 11) is -3.32. The van der Waals surface area contributed by atoms with Gasteiger partial charge in [-0.25, -0.2) is 8.42 Å². The average molecular weight is 300 g/mol. The lowest BCUT2D eigenvalue weighted by atomic mass is 10.3. The molecule has 0 aliphatic carbocycles. The van der Waals surface area contributed by atoms with E-state index in [1.165, 1.54) is 0 Å². The van der Waals surface area contributed by atoms with Crippen molar-refractivity contribution < 1.29 is 17.9 Å². The van der Waals surface area contributed by atoms with Crippen molar-refractivity contribution in [1.29, 1.82) is 0 Å². The van der Waals surface area contributed by atoms with Gasteiger partial charge in [-0.2, -0.15) is 0 Å². The number of sulfone groups is 1. The summed E-state index contributed by atoms with van der Waals surface area (Å²) in [5, 5.41) is 0. The minimum atomic E-state index is -3.32. The van der Waals surface area contributed by atoms with Gasteiger partial charge in [0.15, 0.2) is 9.84 Å².